The molecule has 186 valence electrons. The molecule has 0 radical (unpaired) electrons. The highest BCUT2D eigenvalue weighted by Crippen LogP contribution is 2.39. The molecule has 0 spiro atoms. The van der Waals surface area contributed by atoms with Crippen molar-refractivity contribution in [3.05, 3.63) is 92.7 Å². The van der Waals surface area contributed by atoms with Crippen molar-refractivity contribution < 1.29 is 27.4 Å². The summed E-state index contributed by atoms with van der Waals surface area (Å²) in [6.07, 6.45) is 0.762. The summed E-state index contributed by atoms with van der Waals surface area (Å²) in [6, 6.07) is 9.87. The molecule has 11 heteroatoms. The van der Waals surface area contributed by atoms with Crippen LogP contribution in [0.15, 0.2) is 58.4 Å². The first kappa shape index (κ1) is 25.6. The number of carbonyl (C=O) groups excluding carboxylic acids is 1. The molecule has 0 atom stereocenters. The van der Waals surface area contributed by atoms with E-state index in [1.165, 1.54) is 7.11 Å². The van der Waals surface area contributed by atoms with Gasteiger partial charge in [-0.05, 0) is 36.8 Å². The van der Waals surface area contributed by atoms with E-state index in [1.807, 2.05) is 0 Å². The van der Waals surface area contributed by atoms with Crippen molar-refractivity contribution in [1.29, 1.82) is 0 Å². The standard InChI is InChI=1S/C25H18ClF3N2O4S/c1-3-35-25(33)20-21(36-12-13-4-7-15(34-2)8-5-13)19(16-9-6-14(27)10-17(16)28)23-30-22(26)18(29)11-31(23)24(20)32/h4-11H,3,12H2,1-2H3. The number of fused-ring (bicyclic) bond motifs is 1. The molecular weight excluding hydrogens is 517 g/mol. The Morgan fingerprint density at radius 1 is 1.11 bits per heavy atom. The van der Waals surface area contributed by atoms with E-state index in [0.29, 0.717) is 11.8 Å². The highest BCUT2D eigenvalue weighted by Gasteiger charge is 2.28. The molecule has 0 aliphatic carbocycles. The highest BCUT2D eigenvalue weighted by molar-refractivity contribution is 7.98. The summed E-state index contributed by atoms with van der Waals surface area (Å²) in [7, 11) is 1.53. The Labute approximate surface area is 212 Å². The Kier molecular flexibility index (Phi) is 7.56. The van der Waals surface area contributed by atoms with E-state index in [0.717, 1.165) is 40.1 Å². The Hall–Kier alpha value is -3.50. The van der Waals surface area contributed by atoms with E-state index in [4.69, 9.17) is 21.1 Å². The van der Waals surface area contributed by atoms with Crippen LogP contribution in [0.3, 0.4) is 0 Å². The number of esters is 1. The van der Waals surface area contributed by atoms with E-state index in [9.17, 15) is 18.4 Å². The molecule has 0 bridgehead atoms. The molecule has 4 rings (SSSR count). The van der Waals surface area contributed by atoms with Crippen molar-refractivity contribution in [3.8, 4) is 16.9 Å². The SMILES string of the molecule is CCOC(=O)c1c(SCc2ccc(OC)cc2)c(-c2ccc(F)cc2F)c2nc(Cl)c(F)cn2c1=O. The molecule has 0 aliphatic heterocycles. The summed E-state index contributed by atoms with van der Waals surface area (Å²) < 4.78 is 54.1. The maximum absolute atomic E-state index is 15.1. The maximum Gasteiger partial charge on any atom is 0.344 e. The zero-order valence-corrected chi connectivity index (χ0v) is 20.6. The molecule has 2 aromatic carbocycles. The Balaban J connectivity index is 2.04. The number of methoxy groups -OCH3 is 1. The van der Waals surface area contributed by atoms with Gasteiger partial charge in [0, 0.05) is 27.8 Å². The lowest BCUT2D eigenvalue weighted by atomic mass is 10.0. The van der Waals surface area contributed by atoms with Crippen LogP contribution in [0.1, 0.15) is 22.8 Å². The summed E-state index contributed by atoms with van der Waals surface area (Å²) in [4.78, 5) is 30.3. The van der Waals surface area contributed by atoms with E-state index < -0.39 is 39.7 Å². The van der Waals surface area contributed by atoms with Gasteiger partial charge in [-0.2, -0.15) is 0 Å². The zero-order chi connectivity index (χ0) is 26.0. The number of nitrogens with zero attached hydrogens (tertiary/aromatic N) is 2. The molecule has 0 fully saturated rings. The number of benzene rings is 2. The summed E-state index contributed by atoms with van der Waals surface area (Å²) in [5.41, 5.74) is -0.957. The first-order valence-corrected chi connectivity index (χ1v) is 11.9. The third-order valence-electron chi connectivity index (χ3n) is 5.20. The molecule has 36 heavy (non-hydrogen) atoms. The molecule has 6 nitrogen and oxygen atoms in total. The topological polar surface area (TPSA) is 69.9 Å². The largest absolute Gasteiger partial charge is 0.497 e. The van der Waals surface area contributed by atoms with Crippen molar-refractivity contribution in [3.63, 3.8) is 0 Å². The number of hydrogen-bond acceptors (Lipinski definition) is 6. The number of rotatable bonds is 7. The van der Waals surface area contributed by atoms with E-state index in [2.05, 4.69) is 4.98 Å². The highest BCUT2D eigenvalue weighted by atomic mass is 35.5. The van der Waals surface area contributed by atoms with Gasteiger partial charge in [-0.25, -0.2) is 22.9 Å². The van der Waals surface area contributed by atoms with Crippen LogP contribution in [0.25, 0.3) is 16.8 Å². The monoisotopic (exact) mass is 534 g/mol. The minimum Gasteiger partial charge on any atom is -0.497 e. The van der Waals surface area contributed by atoms with Crippen LogP contribution in [0, 0.1) is 17.5 Å². The third kappa shape index (κ3) is 4.91. The predicted octanol–water partition coefficient (Wildman–Crippen LogP) is 5.91. The van der Waals surface area contributed by atoms with Crippen molar-refractivity contribution in [2.45, 2.75) is 17.6 Å². The molecule has 0 saturated heterocycles. The van der Waals surface area contributed by atoms with Gasteiger partial charge in [-0.3, -0.25) is 9.20 Å². The number of carbonyl (C=O) groups is 1. The molecular formula is C25H18ClF3N2O4S. The third-order valence-corrected chi connectivity index (χ3v) is 6.64. The van der Waals surface area contributed by atoms with Gasteiger partial charge in [0.25, 0.3) is 5.56 Å². The molecule has 2 aromatic heterocycles. The fourth-order valence-corrected chi connectivity index (χ4v) is 4.84. The van der Waals surface area contributed by atoms with Crippen LogP contribution in [0.4, 0.5) is 13.2 Å². The zero-order valence-electron chi connectivity index (χ0n) is 19.0. The number of thioether (sulfide) groups is 1. The van der Waals surface area contributed by atoms with Crippen molar-refractivity contribution in [2.75, 3.05) is 13.7 Å². The Morgan fingerprint density at radius 3 is 2.47 bits per heavy atom. The summed E-state index contributed by atoms with van der Waals surface area (Å²) in [6.45, 7) is 1.51. The Morgan fingerprint density at radius 2 is 1.83 bits per heavy atom. The summed E-state index contributed by atoms with van der Waals surface area (Å²) in [5, 5.41) is -0.562. The minimum absolute atomic E-state index is 0.0319. The average molecular weight is 535 g/mol. The second-order valence-corrected chi connectivity index (χ2v) is 8.78. The van der Waals surface area contributed by atoms with Gasteiger partial charge in [-0.15, -0.1) is 11.8 Å². The second-order valence-electron chi connectivity index (χ2n) is 7.44. The van der Waals surface area contributed by atoms with Gasteiger partial charge < -0.3 is 9.47 Å². The fraction of sp³-hybridized carbons (Fsp3) is 0.160. The van der Waals surface area contributed by atoms with Crippen LogP contribution >= 0.6 is 23.4 Å². The van der Waals surface area contributed by atoms with Crippen molar-refractivity contribution in [2.24, 2.45) is 0 Å². The first-order chi connectivity index (χ1) is 17.2. The molecule has 0 aliphatic rings. The van der Waals surface area contributed by atoms with Crippen LogP contribution < -0.4 is 10.3 Å². The second kappa shape index (κ2) is 10.6. The lowest BCUT2D eigenvalue weighted by molar-refractivity contribution is 0.0520. The molecule has 0 saturated carbocycles. The lowest BCUT2D eigenvalue weighted by Gasteiger charge is -2.17. The predicted molar refractivity (Wildman–Crippen MR) is 130 cm³/mol. The quantitative estimate of drug-likeness (QED) is 0.167. The molecule has 2 heterocycles. The van der Waals surface area contributed by atoms with E-state index in [1.54, 1.807) is 31.2 Å². The number of pyridine rings is 1. The van der Waals surface area contributed by atoms with Gasteiger partial charge in [-0.1, -0.05) is 23.7 Å². The van der Waals surface area contributed by atoms with Crippen LogP contribution in [0.5, 0.6) is 5.75 Å². The minimum atomic E-state index is -1.02. The normalized spacial score (nSPS) is 11.1. The Bertz CT molecular complexity index is 1530. The lowest BCUT2D eigenvalue weighted by Crippen LogP contribution is -2.26. The summed E-state index contributed by atoms with van der Waals surface area (Å²) in [5.74, 6) is -2.92. The van der Waals surface area contributed by atoms with Crippen LogP contribution in [-0.4, -0.2) is 29.1 Å². The van der Waals surface area contributed by atoms with Gasteiger partial charge in [0.1, 0.15) is 22.9 Å². The smallest absolute Gasteiger partial charge is 0.344 e. The van der Waals surface area contributed by atoms with Gasteiger partial charge in [0.2, 0.25) is 0 Å². The van der Waals surface area contributed by atoms with Gasteiger partial charge in [0.15, 0.2) is 16.6 Å². The van der Waals surface area contributed by atoms with Crippen LogP contribution in [0.2, 0.25) is 5.15 Å². The molecule has 0 N–H and O–H groups in total. The van der Waals surface area contributed by atoms with Gasteiger partial charge >= 0.3 is 5.97 Å². The number of aromatic nitrogens is 2. The molecule has 4 aromatic rings. The van der Waals surface area contributed by atoms with Crippen molar-refractivity contribution in [1.82, 2.24) is 9.38 Å². The number of ether oxygens (including phenoxy) is 2. The van der Waals surface area contributed by atoms with E-state index >= 15 is 4.39 Å². The first-order valence-electron chi connectivity index (χ1n) is 10.6. The fourth-order valence-electron chi connectivity index (χ4n) is 3.54. The van der Waals surface area contributed by atoms with E-state index in [-0.39, 0.29) is 34.0 Å². The molecule has 0 unspecified atom stereocenters. The van der Waals surface area contributed by atoms with Gasteiger partial charge in [0.05, 0.1) is 19.9 Å². The molecule has 0 amide bonds. The van der Waals surface area contributed by atoms with Crippen LogP contribution in [-0.2, 0) is 10.5 Å². The summed E-state index contributed by atoms with van der Waals surface area (Å²) >= 11 is 6.95. The average Bonchev–Trinajstić information content (AvgIpc) is 2.85. The van der Waals surface area contributed by atoms with Crippen molar-refractivity contribution >= 4 is 35.0 Å². The maximum atomic E-state index is 15.1. The number of hydrogen-bond donors (Lipinski definition) is 0. The number of halogens is 4.